The maximum absolute atomic E-state index is 5.74. The van der Waals surface area contributed by atoms with Crippen LogP contribution >= 0.6 is 15.9 Å². The fraction of sp³-hybridized carbons (Fsp3) is 0.412. The van der Waals surface area contributed by atoms with Crippen molar-refractivity contribution in [2.45, 2.75) is 46.6 Å². The summed E-state index contributed by atoms with van der Waals surface area (Å²) in [7, 11) is 0. The second kappa shape index (κ2) is 7.78. The second-order valence-corrected chi connectivity index (χ2v) is 6.27. The zero-order chi connectivity index (χ0) is 15.2. The van der Waals surface area contributed by atoms with Crippen LogP contribution in [0, 0.1) is 6.92 Å². The average Bonchev–Trinajstić information content (AvgIpc) is 2.79. The van der Waals surface area contributed by atoms with Crippen LogP contribution in [0.25, 0.3) is 0 Å². The fourth-order valence-electron chi connectivity index (χ4n) is 2.03. The topological polar surface area (TPSA) is 34.4 Å². The van der Waals surface area contributed by atoms with Gasteiger partial charge in [0.15, 0.2) is 0 Å². The van der Waals surface area contributed by atoms with Crippen molar-refractivity contribution >= 4 is 15.9 Å². The summed E-state index contributed by atoms with van der Waals surface area (Å²) in [6.07, 6.45) is 0. The van der Waals surface area contributed by atoms with Gasteiger partial charge in [-0.3, -0.25) is 0 Å². The molecule has 0 saturated carbocycles. The average molecular weight is 352 g/mol. The molecule has 4 heteroatoms. The lowest BCUT2D eigenvalue weighted by molar-refractivity contribution is 0.0920. The lowest BCUT2D eigenvalue weighted by Gasteiger charge is -2.06. The van der Waals surface area contributed by atoms with E-state index in [9.17, 15) is 0 Å². The van der Waals surface area contributed by atoms with Crippen molar-refractivity contribution in [3.63, 3.8) is 0 Å². The monoisotopic (exact) mass is 351 g/mol. The van der Waals surface area contributed by atoms with E-state index in [4.69, 9.17) is 9.15 Å². The fourth-order valence-corrected chi connectivity index (χ4v) is 2.42. The number of hydrogen-bond acceptors (Lipinski definition) is 3. The Kier molecular flexibility index (Phi) is 6.03. The van der Waals surface area contributed by atoms with Crippen LogP contribution in [-0.2, 0) is 24.5 Å². The quantitative estimate of drug-likeness (QED) is 0.793. The number of rotatable bonds is 7. The molecule has 0 spiro atoms. The Morgan fingerprint density at radius 2 is 1.95 bits per heavy atom. The van der Waals surface area contributed by atoms with Crippen LogP contribution in [0.4, 0.5) is 0 Å². The van der Waals surface area contributed by atoms with E-state index >= 15 is 0 Å². The molecule has 0 unspecified atom stereocenters. The summed E-state index contributed by atoms with van der Waals surface area (Å²) >= 11 is 3.52. The second-order valence-electron chi connectivity index (χ2n) is 5.41. The molecular weight excluding hydrogens is 330 g/mol. The molecule has 2 aromatic rings. The first kappa shape index (κ1) is 16.3. The van der Waals surface area contributed by atoms with Gasteiger partial charge in [0.05, 0.1) is 6.61 Å². The van der Waals surface area contributed by atoms with Crippen LogP contribution in [0.5, 0.6) is 0 Å². The van der Waals surface area contributed by atoms with Gasteiger partial charge in [-0.05, 0) is 24.6 Å². The highest BCUT2D eigenvalue weighted by molar-refractivity contribution is 9.10. The minimum absolute atomic E-state index is 0.467. The molecule has 0 bridgehead atoms. The van der Waals surface area contributed by atoms with Gasteiger partial charge < -0.3 is 14.5 Å². The number of furan rings is 1. The van der Waals surface area contributed by atoms with Crippen LogP contribution in [0.2, 0.25) is 0 Å². The van der Waals surface area contributed by atoms with Crippen LogP contribution in [0.3, 0.4) is 0 Å². The SMILES string of the molecule is Cc1oc(COCc2ccccc2Br)cc1CNC(C)C. The summed E-state index contributed by atoms with van der Waals surface area (Å²) in [5, 5.41) is 3.40. The van der Waals surface area contributed by atoms with Crippen molar-refractivity contribution in [2.24, 2.45) is 0 Å². The van der Waals surface area contributed by atoms with Gasteiger partial charge in [-0.2, -0.15) is 0 Å². The smallest absolute Gasteiger partial charge is 0.130 e. The summed E-state index contributed by atoms with van der Waals surface area (Å²) in [5.41, 5.74) is 2.34. The third kappa shape index (κ3) is 4.99. The zero-order valence-electron chi connectivity index (χ0n) is 12.8. The summed E-state index contributed by atoms with van der Waals surface area (Å²) in [5.74, 6) is 1.84. The van der Waals surface area contributed by atoms with Gasteiger partial charge in [0, 0.05) is 22.6 Å². The maximum Gasteiger partial charge on any atom is 0.130 e. The predicted molar refractivity (Wildman–Crippen MR) is 88.1 cm³/mol. The molecule has 114 valence electrons. The molecule has 2 rings (SSSR count). The van der Waals surface area contributed by atoms with Gasteiger partial charge in [0.1, 0.15) is 18.1 Å². The van der Waals surface area contributed by atoms with Gasteiger partial charge in [0.2, 0.25) is 0 Å². The lowest BCUT2D eigenvalue weighted by Crippen LogP contribution is -2.21. The van der Waals surface area contributed by atoms with Gasteiger partial charge >= 0.3 is 0 Å². The van der Waals surface area contributed by atoms with E-state index < -0.39 is 0 Å². The Balaban J connectivity index is 1.86. The number of ether oxygens (including phenoxy) is 1. The lowest BCUT2D eigenvalue weighted by atomic mass is 10.2. The Labute approximate surface area is 134 Å². The minimum atomic E-state index is 0.467. The third-order valence-electron chi connectivity index (χ3n) is 3.23. The van der Waals surface area contributed by atoms with Crippen molar-refractivity contribution in [3.8, 4) is 0 Å². The van der Waals surface area contributed by atoms with Gasteiger partial charge in [-0.25, -0.2) is 0 Å². The molecule has 1 N–H and O–H groups in total. The van der Waals surface area contributed by atoms with Gasteiger partial charge in [0.25, 0.3) is 0 Å². The molecule has 0 aliphatic rings. The standard InChI is InChI=1S/C17H22BrNO2/c1-12(2)19-9-15-8-16(21-13(15)3)11-20-10-14-6-4-5-7-17(14)18/h4-8,12,19H,9-11H2,1-3H3. The number of hydrogen-bond donors (Lipinski definition) is 1. The van der Waals surface area contributed by atoms with Crippen molar-refractivity contribution in [3.05, 3.63) is 57.5 Å². The molecule has 1 aromatic heterocycles. The Bertz CT molecular complexity index is 578. The summed E-state index contributed by atoms with van der Waals surface area (Å²) in [4.78, 5) is 0. The zero-order valence-corrected chi connectivity index (χ0v) is 14.4. The Morgan fingerprint density at radius 1 is 1.19 bits per heavy atom. The molecule has 0 aliphatic heterocycles. The van der Waals surface area contributed by atoms with Crippen LogP contribution in [-0.4, -0.2) is 6.04 Å². The van der Waals surface area contributed by atoms with E-state index in [0.29, 0.717) is 19.3 Å². The molecule has 0 saturated heterocycles. The summed E-state index contributed by atoms with van der Waals surface area (Å²) < 4.78 is 12.5. The predicted octanol–water partition coefficient (Wildman–Crippen LogP) is 4.57. The van der Waals surface area contributed by atoms with Crippen LogP contribution in [0.15, 0.2) is 39.2 Å². The molecule has 0 radical (unpaired) electrons. The van der Waals surface area contributed by atoms with Crippen molar-refractivity contribution in [2.75, 3.05) is 0 Å². The van der Waals surface area contributed by atoms with E-state index in [1.54, 1.807) is 0 Å². The maximum atomic E-state index is 5.74. The first-order valence-corrected chi connectivity index (χ1v) is 7.98. The highest BCUT2D eigenvalue weighted by atomic mass is 79.9. The molecule has 0 atom stereocenters. The number of benzene rings is 1. The molecular formula is C17H22BrNO2. The molecule has 0 fully saturated rings. The first-order chi connectivity index (χ1) is 10.1. The number of aryl methyl sites for hydroxylation is 1. The normalized spacial score (nSPS) is 11.3. The molecule has 0 amide bonds. The molecule has 1 aromatic carbocycles. The van der Waals surface area contributed by atoms with E-state index in [0.717, 1.165) is 28.1 Å². The van der Waals surface area contributed by atoms with E-state index in [2.05, 4.69) is 47.2 Å². The third-order valence-corrected chi connectivity index (χ3v) is 4.01. The highest BCUT2D eigenvalue weighted by Crippen LogP contribution is 2.19. The first-order valence-electron chi connectivity index (χ1n) is 7.19. The largest absolute Gasteiger partial charge is 0.464 e. The van der Waals surface area contributed by atoms with E-state index in [1.807, 2.05) is 25.1 Å². The van der Waals surface area contributed by atoms with E-state index in [1.165, 1.54) is 5.56 Å². The van der Waals surface area contributed by atoms with Crippen LogP contribution in [0.1, 0.15) is 36.5 Å². The summed E-state index contributed by atoms with van der Waals surface area (Å²) in [6, 6.07) is 10.6. The minimum Gasteiger partial charge on any atom is -0.464 e. The molecule has 0 aliphatic carbocycles. The van der Waals surface area contributed by atoms with Crippen molar-refractivity contribution in [1.29, 1.82) is 0 Å². The van der Waals surface area contributed by atoms with Gasteiger partial charge in [-0.15, -0.1) is 0 Å². The molecule has 3 nitrogen and oxygen atoms in total. The molecule has 1 heterocycles. The Morgan fingerprint density at radius 3 is 2.67 bits per heavy atom. The number of halogens is 1. The van der Waals surface area contributed by atoms with E-state index in [-0.39, 0.29) is 0 Å². The molecule has 21 heavy (non-hydrogen) atoms. The highest BCUT2D eigenvalue weighted by Gasteiger charge is 2.08. The van der Waals surface area contributed by atoms with Crippen LogP contribution < -0.4 is 5.32 Å². The number of nitrogens with one attached hydrogen (secondary N) is 1. The van der Waals surface area contributed by atoms with Gasteiger partial charge in [-0.1, -0.05) is 48.0 Å². The Hall–Kier alpha value is -1.10. The summed E-state index contributed by atoms with van der Waals surface area (Å²) in [6.45, 7) is 8.16. The van der Waals surface area contributed by atoms with Crippen molar-refractivity contribution < 1.29 is 9.15 Å². The van der Waals surface area contributed by atoms with Crippen molar-refractivity contribution in [1.82, 2.24) is 5.32 Å².